The lowest BCUT2D eigenvalue weighted by molar-refractivity contribution is -0.138. The van der Waals surface area contributed by atoms with Gasteiger partial charge in [-0.2, -0.15) is 0 Å². The highest BCUT2D eigenvalue weighted by atomic mass is 79.9. The summed E-state index contributed by atoms with van der Waals surface area (Å²) < 4.78 is 0. The molecule has 2 aliphatic heterocycles. The molecule has 2 heterocycles. The van der Waals surface area contributed by atoms with Crippen molar-refractivity contribution in [2.45, 2.75) is 35.4 Å². The van der Waals surface area contributed by atoms with E-state index in [0.717, 1.165) is 9.80 Å². The molecule has 4 aliphatic rings. The van der Waals surface area contributed by atoms with Crippen LogP contribution in [0.3, 0.4) is 0 Å². The molecule has 3 aromatic rings. The molecule has 3 fully saturated rings. The molecule has 0 unspecified atom stereocenters. The molecule has 4 amide bonds. The summed E-state index contributed by atoms with van der Waals surface area (Å²) >= 11 is 17.9. The van der Waals surface area contributed by atoms with E-state index in [1.807, 2.05) is 6.08 Å². The van der Waals surface area contributed by atoms with Crippen molar-refractivity contribution in [2.75, 3.05) is 10.4 Å². The summed E-state index contributed by atoms with van der Waals surface area (Å²) in [5.41, 5.74) is 1.93. The Hall–Kier alpha value is -3.53. The molecule has 44 heavy (non-hydrogen) atoms. The van der Waals surface area contributed by atoms with E-state index in [9.17, 15) is 29.1 Å². The first-order valence-corrected chi connectivity index (χ1v) is 16.0. The summed E-state index contributed by atoms with van der Waals surface area (Å²) in [4.78, 5) is 66.0. The second-order valence-corrected chi connectivity index (χ2v) is 13.6. The van der Waals surface area contributed by atoms with Crippen LogP contribution < -0.4 is 4.90 Å². The first kappa shape index (κ1) is 29.2. The lowest BCUT2D eigenvalue weighted by Gasteiger charge is -2.51. The molecule has 0 radical (unpaired) electrons. The van der Waals surface area contributed by atoms with Crippen molar-refractivity contribution in [3.8, 4) is 5.75 Å². The van der Waals surface area contributed by atoms with Crippen LogP contribution in [0.2, 0.25) is 0 Å². The van der Waals surface area contributed by atoms with E-state index in [4.69, 9.17) is 23.2 Å². The molecule has 1 saturated carbocycles. The quantitative estimate of drug-likeness (QED) is 0.124. The third-order valence-corrected chi connectivity index (χ3v) is 11.7. The van der Waals surface area contributed by atoms with Crippen molar-refractivity contribution in [3.05, 3.63) is 83.4 Å². The van der Waals surface area contributed by atoms with E-state index in [1.54, 1.807) is 54.6 Å². The normalized spacial score (nSPS) is 31.2. The molecule has 0 bridgehead atoms. The molecular formula is C33H25BrCl2N2O6. The fourth-order valence-electron chi connectivity index (χ4n) is 7.76. The number of hydrogen-bond donors (Lipinski definition) is 1. The lowest BCUT2D eigenvalue weighted by atomic mass is 9.56. The number of hydrogen-bond acceptors (Lipinski definition) is 6. The fourth-order valence-corrected chi connectivity index (χ4v) is 9.17. The number of imide groups is 2. The van der Waals surface area contributed by atoms with E-state index in [-0.39, 0.29) is 35.7 Å². The number of benzene rings is 3. The molecule has 7 rings (SSSR count). The summed E-state index contributed by atoms with van der Waals surface area (Å²) in [6.07, 6.45) is 1.98. The van der Waals surface area contributed by atoms with Gasteiger partial charge in [-0.1, -0.05) is 57.9 Å². The van der Waals surface area contributed by atoms with E-state index < -0.39 is 51.1 Å². The molecule has 0 spiro atoms. The van der Waals surface area contributed by atoms with Gasteiger partial charge in [-0.15, -0.1) is 23.2 Å². The maximum absolute atomic E-state index is 14.2. The number of allylic oxidation sites excluding steroid dienone is 2. The van der Waals surface area contributed by atoms with E-state index >= 15 is 0 Å². The molecule has 2 aliphatic carbocycles. The average Bonchev–Trinajstić information content (AvgIpc) is 3.35. The number of carbonyl (C=O) groups is 5. The zero-order valence-corrected chi connectivity index (χ0v) is 26.4. The van der Waals surface area contributed by atoms with Gasteiger partial charge in [-0.3, -0.25) is 33.8 Å². The largest absolute Gasteiger partial charge is 0.507 e. The smallest absolute Gasteiger partial charge is 0.254 e. The minimum atomic E-state index is -1.94. The predicted octanol–water partition coefficient (Wildman–Crippen LogP) is 5.66. The van der Waals surface area contributed by atoms with Crippen LogP contribution in [0.4, 0.5) is 5.69 Å². The van der Waals surface area contributed by atoms with Crippen molar-refractivity contribution in [3.63, 3.8) is 0 Å². The van der Waals surface area contributed by atoms with Gasteiger partial charge in [-0.25, -0.2) is 0 Å². The number of carbonyl (C=O) groups excluding carboxylic acids is 5. The summed E-state index contributed by atoms with van der Waals surface area (Å²) in [7, 11) is 0. The number of amides is 4. The van der Waals surface area contributed by atoms with Crippen molar-refractivity contribution in [2.24, 2.45) is 17.8 Å². The maximum atomic E-state index is 14.2. The SMILES string of the molecule is CC(=O)c1ccc(N2C(=O)[C@H]3[C@H](CC=C4[C@H]3C[C@@]3(Cl)C(=O)N(CBr)C(=O)[C@@]3(Cl)[C@H]4c3ccc(O)c4ccccc34)C2=O)cc1. The number of Topliss-reactive ketones (excluding diaryl/α,β-unsaturated/α-hetero) is 1. The minimum absolute atomic E-state index is 0.0362. The monoisotopic (exact) mass is 694 g/mol. The van der Waals surface area contributed by atoms with Crippen LogP contribution in [0, 0.1) is 17.8 Å². The van der Waals surface area contributed by atoms with Gasteiger partial charge in [-0.05, 0) is 67.0 Å². The topological polar surface area (TPSA) is 112 Å². The maximum Gasteiger partial charge on any atom is 0.254 e. The highest BCUT2D eigenvalue weighted by Gasteiger charge is 2.76. The number of aromatic hydroxyl groups is 1. The van der Waals surface area contributed by atoms with Crippen LogP contribution in [-0.2, 0) is 19.2 Å². The Bertz CT molecular complexity index is 1860. The second-order valence-electron chi connectivity index (χ2n) is 11.8. The average molecular weight is 696 g/mol. The van der Waals surface area contributed by atoms with Gasteiger partial charge in [0.25, 0.3) is 11.8 Å². The fraction of sp³-hybridized carbons (Fsp3) is 0.303. The molecule has 6 atom stereocenters. The molecule has 1 N–H and O–H groups in total. The number of alkyl halides is 3. The number of phenolic OH excluding ortho intramolecular Hbond substituents is 1. The predicted molar refractivity (Wildman–Crippen MR) is 168 cm³/mol. The van der Waals surface area contributed by atoms with Gasteiger partial charge in [0, 0.05) is 16.9 Å². The molecule has 224 valence electrons. The number of fused-ring (bicyclic) bond motifs is 5. The van der Waals surface area contributed by atoms with E-state index in [2.05, 4.69) is 15.9 Å². The minimum Gasteiger partial charge on any atom is -0.507 e. The van der Waals surface area contributed by atoms with Gasteiger partial charge in [0.05, 0.1) is 23.0 Å². The molecule has 2 saturated heterocycles. The third-order valence-electron chi connectivity index (χ3n) is 9.79. The van der Waals surface area contributed by atoms with Crippen LogP contribution in [-0.4, -0.2) is 54.6 Å². The number of rotatable bonds is 4. The molecule has 11 heteroatoms. The van der Waals surface area contributed by atoms with Crippen LogP contribution in [0.5, 0.6) is 5.75 Å². The Morgan fingerprint density at radius 2 is 1.61 bits per heavy atom. The van der Waals surface area contributed by atoms with Gasteiger partial charge in [0.1, 0.15) is 5.75 Å². The Balaban J connectivity index is 1.41. The van der Waals surface area contributed by atoms with Crippen LogP contribution in [0.25, 0.3) is 10.8 Å². The zero-order chi connectivity index (χ0) is 31.3. The van der Waals surface area contributed by atoms with Crippen LogP contribution in [0.1, 0.15) is 41.6 Å². The standard InChI is InChI=1S/C33H25BrCl2N2O6/c1-16(39)17-6-8-18(9-7-17)38-28(41)23-11-10-22-24(26(23)29(38)42)14-32(35)30(43)37(15-34)31(44)33(32,36)27(22)21-12-13-25(40)20-5-3-2-4-19(20)21/h2-10,12-13,23-24,26-27,40H,11,14-15H2,1H3/t23-,24+,26-,27-,32+,33-/m0/s1. The van der Waals surface area contributed by atoms with Gasteiger partial charge >= 0.3 is 0 Å². The highest BCUT2D eigenvalue weighted by molar-refractivity contribution is 9.09. The molecular weight excluding hydrogens is 671 g/mol. The number of halogens is 3. The number of likely N-dealkylation sites (tertiary alicyclic amines) is 1. The summed E-state index contributed by atoms with van der Waals surface area (Å²) in [6.45, 7) is 1.43. The molecule has 8 nitrogen and oxygen atoms in total. The lowest BCUT2D eigenvalue weighted by Crippen LogP contribution is -2.60. The van der Waals surface area contributed by atoms with Gasteiger partial charge < -0.3 is 5.11 Å². The van der Waals surface area contributed by atoms with E-state index in [0.29, 0.717) is 33.2 Å². The summed E-state index contributed by atoms with van der Waals surface area (Å²) in [6, 6.07) is 16.6. The van der Waals surface area contributed by atoms with Crippen molar-refractivity contribution < 1.29 is 29.1 Å². The number of anilines is 1. The molecule has 0 aromatic heterocycles. The Morgan fingerprint density at radius 3 is 2.27 bits per heavy atom. The Labute approximate surface area is 270 Å². The Kier molecular flexibility index (Phi) is 6.63. The van der Waals surface area contributed by atoms with Crippen molar-refractivity contribution in [1.29, 1.82) is 0 Å². The first-order valence-electron chi connectivity index (χ1n) is 14.1. The number of nitrogens with zero attached hydrogens (tertiary/aromatic N) is 2. The van der Waals surface area contributed by atoms with E-state index in [1.165, 1.54) is 13.0 Å². The second kappa shape index (κ2) is 9.99. The van der Waals surface area contributed by atoms with Crippen molar-refractivity contribution >= 4 is 85.0 Å². The van der Waals surface area contributed by atoms with Gasteiger partial charge in [0.2, 0.25) is 11.8 Å². The van der Waals surface area contributed by atoms with Crippen molar-refractivity contribution in [1.82, 2.24) is 4.90 Å². The summed E-state index contributed by atoms with van der Waals surface area (Å²) in [5, 5.41) is 11.8. The Morgan fingerprint density at radius 1 is 0.932 bits per heavy atom. The third kappa shape index (κ3) is 3.66. The van der Waals surface area contributed by atoms with Crippen LogP contribution >= 0.6 is 39.1 Å². The zero-order valence-electron chi connectivity index (χ0n) is 23.3. The number of ketones is 1. The molecule has 3 aromatic carbocycles. The highest BCUT2D eigenvalue weighted by Crippen LogP contribution is 2.66. The van der Waals surface area contributed by atoms with Crippen LogP contribution in [0.15, 0.2) is 72.3 Å². The first-order chi connectivity index (χ1) is 21.0. The number of phenols is 1. The summed E-state index contributed by atoms with van der Waals surface area (Å²) in [5.74, 6) is -5.41. The van der Waals surface area contributed by atoms with Gasteiger partial charge in [0.15, 0.2) is 15.5 Å².